The Balaban J connectivity index is 1.87. The van der Waals surface area contributed by atoms with E-state index in [-0.39, 0.29) is 12.5 Å². The van der Waals surface area contributed by atoms with Gasteiger partial charge in [0.05, 0.1) is 19.3 Å². The van der Waals surface area contributed by atoms with Crippen LogP contribution in [0.3, 0.4) is 0 Å². The molecule has 6 nitrogen and oxygen atoms in total. The maximum absolute atomic E-state index is 12.2. The van der Waals surface area contributed by atoms with Crippen LogP contribution in [0.25, 0.3) is 0 Å². The monoisotopic (exact) mass is 343 g/mol. The Morgan fingerprint density at radius 3 is 2.44 bits per heavy atom. The number of esters is 1. The molecule has 0 aliphatic heterocycles. The van der Waals surface area contributed by atoms with E-state index in [0.29, 0.717) is 30.2 Å². The number of carbonyl (C=O) groups excluding carboxylic acids is 2. The number of hydrogen-bond acceptors (Lipinski definition) is 5. The summed E-state index contributed by atoms with van der Waals surface area (Å²) in [5.74, 6) is 0.478. The highest BCUT2D eigenvalue weighted by Crippen LogP contribution is 2.17. The third-order valence-corrected chi connectivity index (χ3v) is 3.39. The van der Waals surface area contributed by atoms with Crippen molar-refractivity contribution in [1.82, 2.24) is 5.32 Å². The van der Waals surface area contributed by atoms with Gasteiger partial charge in [-0.2, -0.15) is 0 Å². The fraction of sp³-hybridized carbons (Fsp3) is 0.263. The lowest BCUT2D eigenvalue weighted by Crippen LogP contribution is -2.23. The van der Waals surface area contributed by atoms with E-state index in [1.54, 1.807) is 37.3 Å². The van der Waals surface area contributed by atoms with Crippen molar-refractivity contribution in [2.75, 3.05) is 20.3 Å². The van der Waals surface area contributed by atoms with Crippen LogP contribution in [-0.2, 0) is 16.1 Å². The SMILES string of the molecule is CCOC(=O)COc1ccc(CNC(=O)c2ccccc2OC)cc1. The quantitative estimate of drug-likeness (QED) is 0.746. The Hall–Kier alpha value is -3.02. The van der Waals surface area contributed by atoms with E-state index in [1.807, 2.05) is 18.2 Å². The van der Waals surface area contributed by atoms with Crippen molar-refractivity contribution in [1.29, 1.82) is 0 Å². The highest BCUT2D eigenvalue weighted by atomic mass is 16.6. The van der Waals surface area contributed by atoms with Crippen molar-refractivity contribution in [3.8, 4) is 11.5 Å². The summed E-state index contributed by atoms with van der Waals surface area (Å²) in [4.78, 5) is 23.5. The molecule has 0 spiro atoms. The molecule has 0 aliphatic rings. The molecule has 1 amide bonds. The summed E-state index contributed by atoms with van der Waals surface area (Å²) in [6.45, 7) is 2.31. The maximum atomic E-state index is 12.2. The molecule has 0 saturated heterocycles. The molecule has 0 heterocycles. The Morgan fingerprint density at radius 2 is 1.76 bits per heavy atom. The Kier molecular flexibility index (Phi) is 6.83. The number of para-hydroxylation sites is 1. The van der Waals surface area contributed by atoms with Crippen molar-refractivity contribution in [2.45, 2.75) is 13.5 Å². The minimum absolute atomic E-state index is 0.127. The second-order valence-corrected chi connectivity index (χ2v) is 5.12. The van der Waals surface area contributed by atoms with Crippen molar-refractivity contribution in [2.24, 2.45) is 0 Å². The average molecular weight is 343 g/mol. The number of benzene rings is 2. The minimum Gasteiger partial charge on any atom is -0.496 e. The van der Waals surface area contributed by atoms with Gasteiger partial charge in [0.25, 0.3) is 5.91 Å². The van der Waals surface area contributed by atoms with Gasteiger partial charge in [-0.3, -0.25) is 4.79 Å². The molecular weight excluding hydrogens is 322 g/mol. The molecule has 25 heavy (non-hydrogen) atoms. The van der Waals surface area contributed by atoms with Gasteiger partial charge in [0.2, 0.25) is 0 Å². The minimum atomic E-state index is -0.407. The van der Waals surface area contributed by atoms with Crippen LogP contribution in [0, 0.1) is 0 Å². The molecule has 0 saturated carbocycles. The number of carbonyl (C=O) groups is 2. The summed E-state index contributed by atoms with van der Waals surface area (Å²) in [5, 5.41) is 2.84. The molecular formula is C19H21NO5. The van der Waals surface area contributed by atoms with E-state index in [1.165, 1.54) is 7.11 Å². The van der Waals surface area contributed by atoms with Crippen molar-refractivity contribution >= 4 is 11.9 Å². The molecule has 2 aromatic rings. The number of methoxy groups -OCH3 is 1. The Bertz CT molecular complexity index is 712. The maximum Gasteiger partial charge on any atom is 0.344 e. The molecule has 0 aliphatic carbocycles. The van der Waals surface area contributed by atoms with Gasteiger partial charge < -0.3 is 19.5 Å². The van der Waals surface area contributed by atoms with Gasteiger partial charge in [-0.25, -0.2) is 4.79 Å². The predicted molar refractivity (Wildman–Crippen MR) is 92.7 cm³/mol. The summed E-state index contributed by atoms with van der Waals surface area (Å²) in [7, 11) is 1.53. The topological polar surface area (TPSA) is 73.9 Å². The number of ether oxygens (including phenoxy) is 3. The lowest BCUT2D eigenvalue weighted by molar-refractivity contribution is -0.145. The highest BCUT2D eigenvalue weighted by molar-refractivity contribution is 5.96. The van der Waals surface area contributed by atoms with Gasteiger partial charge in [0, 0.05) is 6.54 Å². The third kappa shape index (κ3) is 5.53. The predicted octanol–water partition coefficient (Wildman–Crippen LogP) is 2.57. The first-order valence-electron chi connectivity index (χ1n) is 7.92. The molecule has 0 unspecified atom stereocenters. The lowest BCUT2D eigenvalue weighted by Gasteiger charge is -2.10. The molecule has 1 N–H and O–H groups in total. The zero-order chi connectivity index (χ0) is 18.1. The number of rotatable bonds is 8. The van der Waals surface area contributed by atoms with E-state index in [4.69, 9.17) is 14.2 Å². The van der Waals surface area contributed by atoms with Gasteiger partial charge >= 0.3 is 5.97 Å². The molecule has 0 aromatic heterocycles. The standard InChI is InChI=1S/C19H21NO5/c1-3-24-18(21)13-25-15-10-8-14(9-11-15)12-20-19(22)16-6-4-5-7-17(16)23-2/h4-11H,3,12-13H2,1-2H3,(H,20,22). The molecule has 0 radical (unpaired) electrons. The Labute approximate surface area is 146 Å². The van der Waals surface area contributed by atoms with E-state index in [0.717, 1.165) is 5.56 Å². The molecule has 0 atom stereocenters. The number of amides is 1. The molecule has 132 valence electrons. The van der Waals surface area contributed by atoms with Crippen LogP contribution in [0.5, 0.6) is 11.5 Å². The van der Waals surface area contributed by atoms with Crippen LogP contribution in [0.4, 0.5) is 0 Å². The summed E-state index contributed by atoms with van der Waals surface area (Å²) in [5.41, 5.74) is 1.39. The summed E-state index contributed by atoms with van der Waals surface area (Å²) in [6.07, 6.45) is 0. The van der Waals surface area contributed by atoms with E-state index in [9.17, 15) is 9.59 Å². The van der Waals surface area contributed by atoms with Gasteiger partial charge in [0.1, 0.15) is 11.5 Å². The second-order valence-electron chi connectivity index (χ2n) is 5.12. The van der Waals surface area contributed by atoms with E-state index in [2.05, 4.69) is 5.32 Å². The van der Waals surface area contributed by atoms with Crippen molar-refractivity contribution in [3.05, 3.63) is 59.7 Å². The third-order valence-electron chi connectivity index (χ3n) is 3.39. The fourth-order valence-corrected chi connectivity index (χ4v) is 2.16. The zero-order valence-electron chi connectivity index (χ0n) is 14.3. The zero-order valence-corrected chi connectivity index (χ0v) is 14.3. The number of nitrogens with one attached hydrogen (secondary N) is 1. The van der Waals surface area contributed by atoms with Crippen LogP contribution in [0.1, 0.15) is 22.8 Å². The number of hydrogen-bond donors (Lipinski definition) is 1. The fourth-order valence-electron chi connectivity index (χ4n) is 2.16. The molecule has 2 aromatic carbocycles. The van der Waals surface area contributed by atoms with Crippen LogP contribution in [0.2, 0.25) is 0 Å². The molecule has 6 heteroatoms. The molecule has 0 fully saturated rings. The van der Waals surface area contributed by atoms with Crippen molar-refractivity contribution < 1.29 is 23.8 Å². The van der Waals surface area contributed by atoms with Crippen LogP contribution >= 0.6 is 0 Å². The normalized spacial score (nSPS) is 10.0. The van der Waals surface area contributed by atoms with Crippen LogP contribution in [-0.4, -0.2) is 32.2 Å². The lowest BCUT2D eigenvalue weighted by atomic mass is 10.1. The first kappa shape index (κ1) is 18.3. The first-order valence-corrected chi connectivity index (χ1v) is 7.92. The first-order chi connectivity index (χ1) is 12.1. The van der Waals surface area contributed by atoms with Gasteiger partial charge in [-0.05, 0) is 36.8 Å². The molecule has 2 rings (SSSR count). The van der Waals surface area contributed by atoms with Gasteiger partial charge in [-0.1, -0.05) is 24.3 Å². The summed E-state index contributed by atoms with van der Waals surface area (Å²) < 4.78 is 15.3. The van der Waals surface area contributed by atoms with Crippen LogP contribution < -0.4 is 14.8 Å². The van der Waals surface area contributed by atoms with Crippen LogP contribution in [0.15, 0.2) is 48.5 Å². The van der Waals surface area contributed by atoms with E-state index >= 15 is 0 Å². The van der Waals surface area contributed by atoms with E-state index < -0.39 is 5.97 Å². The summed E-state index contributed by atoms with van der Waals surface area (Å²) >= 11 is 0. The molecule has 0 bridgehead atoms. The summed E-state index contributed by atoms with van der Waals surface area (Å²) in [6, 6.07) is 14.2. The highest BCUT2D eigenvalue weighted by Gasteiger charge is 2.11. The smallest absolute Gasteiger partial charge is 0.344 e. The van der Waals surface area contributed by atoms with Gasteiger partial charge in [-0.15, -0.1) is 0 Å². The Morgan fingerprint density at radius 1 is 1.04 bits per heavy atom. The van der Waals surface area contributed by atoms with Crippen molar-refractivity contribution in [3.63, 3.8) is 0 Å². The average Bonchev–Trinajstić information content (AvgIpc) is 2.65. The largest absolute Gasteiger partial charge is 0.496 e. The van der Waals surface area contributed by atoms with Gasteiger partial charge in [0.15, 0.2) is 6.61 Å². The second kappa shape index (κ2) is 9.32.